The molecule has 0 saturated heterocycles. The number of nitrogens with one attached hydrogen (secondary N) is 2. The fraction of sp³-hybridized carbons (Fsp3) is 0.111. The minimum atomic E-state index is -0.335. The molecule has 1 aromatic heterocycles. The molecule has 24 heavy (non-hydrogen) atoms. The van der Waals surface area contributed by atoms with Crippen LogP contribution in [0.3, 0.4) is 0 Å². The number of nitrogens with zero attached hydrogens (tertiary/aromatic N) is 2. The number of aromatic nitrogens is 2. The molecule has 0 saturated carbocycles. The highest BCUT2D eigenvalue weighted by Gasteiger charge is 2.06. The van der Waals surface area contributed by atoms with Crippen molar-refractivity contribution in [2.75, 3.05) is 17.7 Å². The molecule has 0 amide bonds. The van der Waals surface area contributed by atoms with Crippen LogP contribution in [0.5, 0.6) is 5.75 Å². The number of para-hydroxylation sites is 1. The number of methoxy groups -OCH3 is 1. The third kappa shape index (κ3) is 3.78. The van der Waals surface area contributed by atoms with Crippen molar-refractivity contribution in [3.05, 3.63) is 66.2 Å². The number of hydrogen-bond acceptors (Lipinski definition) is 5. The fourth-order valence-electron chi connectivity index (χ4n) is 2.22. The van der Waals surface area contributed by atoms with E-state index in [4.69, 9.17) is 4.74 Å². The van der Waals surface area contributed by atoms with E-state index in [0.29, 0.717) is 23.1 Å². The van der Waals surface area contributed by atoms with Gasteiger partial charge in [0, 0.05) is 11.8 Å². The van der Waals surface area contributed by atoms with Crippen LogP contribution >= 0.6 is 0 Å². The SMILES string of the molecule is COc1ccc(Nc2cc(Nc3ccccc3F)nc(C)n2)cc1. The Morgan fingerprint density at radius 1 is 0.917 bits per heavy atom. The van der Waals surface area contributed by atoms with E-state index < -0.39 is 0 Å². The Balaban J connectivity index is 1.81. The fourth-order valence-corrected chi connectivity index (χ4v) is 2.22. The molecular formula is C18H17FN4O. The Bertz CT molecular complexity index is 837. The average molecular weight is 324 g/mol. The van der Waals surface area contributed by atoms with Gasteiger partial charge in [0.1, 0.15) is 29.0 Å². The van der Waals surface area contributed by atoms with Gasteiger partial charge < -0.3 is 15.4 Å². The maximum absolute atomic E-state index is 13.8. The van der Waals surface area contributed by atoms with Crippen molar-refractivity contribution in [3.63, 3.8) is 0 Å². The number of rotatable bonds is 5. The van der Waals surface area contributed by atoms with E-state index in [1.54, 1.807) is 38.3 Å². The van der Waals surface area contributed by atoms with Gasteiger partial charge in [0.2, 0.25) is 0 Å². The Labute approximate surface area is 139 Å². The Kier molecular flexibility index (Phi) is 4.56. The zero-order chi connectivity index (χ0) is 16.9. The molecule has 0 aliphatic heterocycles. The molecule has 5 nitrogen and oxygen atoms in total. The summed E-state index contributed by atoms with van der Waals surface area (Å²) in [6.45, 7) is 1.78. The Morgan fingerprint density at radius 3 is 2.25 bits per heavy atom. The minimum Gasteiger partial charge on any atom is -0.497 e. The van der Waals surface area contributed by atoms with Crippen LogP contribution in [-0.2, 0) is 0 Å². The van der Waals surface area contributed by atoms with E-state index in [1.807, 2.05) is 24.3 Å². The maximum atomic E-state index is 13.8. The van der Waals surface area contributed by atoms with E-state index in [0.717, 1.165) is 11.4 Å². The summed E-state index contributed by atoms with van der Waals surface area (Å²) in [4.78, 5) is 8.64. The third-order valence-electron chi connectivity index (χ3n) is 3.34. The molecule has 3 aromatic rings. The summed E-state index contributed by atoms with van der Waals surface area (Å²) in [6, 6.07) is 15.7. The number of ether oxygens (including phenoxy) is 1. The molecule has 0 atom stereocenters. The monoisotopic (exact) mass is 324 g/mol. The van der Waals surface area contributed by atoms with Gasteiger partial charge in [-0.25, -0.2) is 14.4 Å². The lowest BCUT2D eigenvalue weighted by molar-refractivity contribution is 0.415. The summed E-state index contributed by atoms with van der Waals surface area (Å²) in [5, 5.41) is 6.17. The van der Waals surface area contributed by atoms with Gasteiger partial charge in [-0.2, -0.15) is 0 Å². The number of aryl methyl sites for hydroxylation is 1. The second-order valence-electron chi connectivity index (χ2n) is 5.14. The van der Waals surface area contributed by atoms with E-state index in [1.165, 1.54) is 6.07 Å². The average Bonchev–Trinajstić information content (AvgIpc) is 2.57. The molecule has 2 aromatic carbocycles. The molecule has 0 bridgehead atoms. The van der Waals surface area contributed by atoms with Gasteiger partial charge in [-0.05, 0) is 43.3 Å². The summed E-state index contributed by atoms with van der Waals surface area (Å²) in [6.07, 6.45) is 0. The standard InChI is InChI=1S/C18H17FN4O/c1-12-20-17(22-13-7-9-14(24-2)10-8-13)11-18(21-12)23-16-6-4-3-5-15(16)19/h3-11H,1-2H3,(H2,20,21,22,23). The minimum absolute atomic E-state index is 0.335. The van der Waals surface area contributed by atoms with Crippen molar-refractivity contribution >= 4 is 23.0 Å². The highest BCUT2D eigenvalue weighted by Crippen LogP contribution is 2.23. The summed E-state index contributed by atoms with van der Waals surface area (Å²) >= 11 is 0. The predicted molar refractivity (Wildman–Crippen MR) is 92.7 cm³/mol. The Morgan fingerprint density at radius 2 is 1.58 bits per heavy atom. The molecule has 0 fully saturated rings. The summed E-state index contributed by atoms with van der Waals surface area (Å²) in [5.41, 5.74) is 1.23. The first-order valence-corrected chi connectivity index (χ1v) is 7.42. The van der Waals surface area contributed by atoms with Crippen LogP contribution in [0.2, 0.25) is 0 Å². The van der Waals surface area contributed by atoms with Crippen molar-refractivity contribution in [2.45, 2.75) is 6.92 Å². The van der Waals surface area contributed by atoms with Gasteiger partial charge in [-0.3, -0.25) is 0 Å². The Hall–Kier alpha value is -3.15. The van der Waals surface area contributed by atoms with E-state index in [9.17, 15) is 4.39 Å². The topological polar surface area (TPSA) is 59.1 Å². The number of anilines is 4. The normalized spacial score (nSPS) is 10.3. The van der Waals surface area contributed by atoms with Crippen LogP contribution in [0.1, 0.15) is 5.82 Å². The van der Waals surface area contributed by atoms with Gasteiger partial charge in [-0.15, -0.1) is 0 Å². The van der Waals surface area contributed by atoms with Gasteiger partial charge in [0.25, 0.3) is 0 Å². The molecule has 0 spiro atoms. The van der Waals surface area contributed by atoms with Crippen LogP contribution < -0.4 is 15.4 Å². The van der Waals surface area contributed by atoms with Crippen LogP contribution in [-0.4, -0.2) is 17.1 Å². The largest absolute Gasteiger partial charge is 0.497 e. The maximum Gasteiger partial charge on any atom is 0.146 e. The quantitative estimate of drug-likeness (QED) is 0.727. The molecular weight excluding hydrogens is 307 g/mol. The van der Waals surface area contributed by atoms with Crippen LogP contribution in [0.25, 0.3) is 0 Å². The van der Waals surface area contributed by atoms with Crippen molar-refractivity contribution in [1.29, 1.82) is 0 Å². The summed E-state index contributed by atoms with van der Waals surface area (Å²) < 4.78 is 18.9. The molecule has 2 N–H and O–H groups in total. The summed E-state index contributed by atoms with van der Waals surface area (Å²) in [5.74, 6) is 2.15. The molecule has 0 aliphatic carbocycles. The molecule has 0 unspecified atom stereocenters. The lowest BCUT2D eigenvalue weighted by Crippen LogP contribution is -2.02. The van der Waals surface area contributed by atoms with Crippen LogP contribution in [0.15, 0.2) is 54.6 Å². The first-order chi connectivity index (χ1) is 11.6. The van der Waals surface area contributed by atoms with Gasteiger partial charge >= 0.3 is 0 Å². The zero-order valence-electron chi connectivity index (χ0n) is 13.4. The lowest BCUT2D eigenvalue weighted by atomic mass is 10.3. The smallest absolute Gasteiger partial charge is 0.146 e. The first kappa shape index (κ1) is 15.7. The molecule has 3 rings (SSSR count). The van der Waals surface area contributed by atoms with Crippen molar-refractivity contribution in [3.8, 4) is 5.75 Å². The first-order valence-electron chi connectivity index (χ1n) is 7.42. The molecule has 0 radical (unpaired) electrons. The number of hydrogen-bond donors (Lipinski definition) is 2. The van der Waals surface area contributed by atoms with Crippen molar-refractivity contribution in [1.82, 2.24) is 9.97 Å². The lowest BCUT2D eigenvalue weighted by Gasteiger charge is -2.11. The molecule has 6 heteroatoms. The summed E-state index contributed by atoms with van der Waals surface area (Å²) in [7, 11) is 1.62. The number of halogens is 1. The second-order valence-corrected chi connectivity index (χ2v) is 5.14. The highest BCUT2D eigenvalue weighted by molar-refractivity contribution is 5.63. The molecule has 0 aliphatic rings. The highest BCUT2D eigenvalue weighted by atomic mass is 19.1. The van der Waals surface area contributed by atoms with Crippen LogP contribution in [0, 0.1) is 12.7 Å². The van der Waals surface area contributed by atoms with E-state index in [-0.39, 0.29) is 5.82 Å². The van der Waals surface area contributed by atoms with Crippen molar-refractivity contribution < 1.29 is 9.13 Å². The van der Waals surface area contributed by atoms with E-state index in [2.05, 4.69) is 20.6 Å². The molecule has 122 valence electrons. The van der Waals surface area contributed by atoms with Gasteiger partial charge in [-0.1, -0.05) is 12.1 Å². The van der Waals surface area contributed by atoms with Crippen LogP contribution in [0.4, 0.5) is 27.4 Å². The predicted octanol–water partition coefficient (Wildman–Crippen LogP) is 4.42. The number of benzene rings is 2. The zero-order valence-corrected chi connectivity index (χ0v) is 13.4. The third-order valence-corrected chi connectivity index (χ3v) is 3.34. The molecule has 1 heterocycles. The van der Waals surface area contributed by atoms with Crippen molar-refractivity contribution in [2.24, 2.45) is 0 Å². The van der Waals surface area contributed by atoms with Gasteiger partial charge in [0.15, 0.2) is 0 Å². The second kappa shape index (κ2) is 6.95. The van der Waals surface area contributed by atoms with E-state index >= 15 is 0 Å². The van der Waals surface area contributed by atoms with Gasteiger partial charge in [0.05, 0.1) is 12.8 Å².